The molecule has 0 N–H and O–H groups in total. The zero-order valence-corrected chi connectivity index (χ0v) is 9.75. The van der Waals surface area contributed by atoms with E-state index in [0.717, 1.165) is 5.56 Å². The topological polar surface area (TPSA) is 56.0 Å². The molecule has 4 heteroatoms. The third-order valence-electron chi connectivity index (χ3n) is 2.70. The Kier molecular flexibility index (Phi) is 2.41. The summed E-state index contributed by atoms with van der Waals surface area (Å²) >= 11 is 0. The van der Waals surface area contributed by atoms with E-state index in [0.29, 0.717) is 22.7 Å². The molecule has 4 nitrogen and oxygen atoms in total. The quantitative estimate of drug-likeness (QED) is 0.644. The predicted molar refractivity (Wildman–Crippen MR) is 67.2 cm³/mol. The third kappa shape index (κ3) is 1.78. The second-order valence-electron chi connectivity index (χ2n) is 3.98. The second-order valence-corrected chi connectivity index (χ2v) is 3.98. The molecule has 0 bridgehead atoms. The van der Waals surface area contributed by atoms with Crippen LogP contribution in [0.2, 0.25) is 0 Å². The number of pyridine rings is 1. The third-order valence-corrected chi connectivity index (χ3v) is 2.70. The molecule has 88 valence electrons. The van der Waals surface area contributed by atoms with E-state index in [-0.39, 0.29) is 5.78 Å². The van der Waals surface area contributed by atoms with Crippen molar-refractivity contribution in [2.75, 3.05) is 0 Å². The molecular formula is C14H10N2O2. The highest BCUT2D eigenvalue weighted by Gasteiger charge is 2.08. The Labute approximate surface area is 103 Å². The van der Waals surface area contributed by atoms with E-state index in [1.54, 1.807) is 31.3 Å². The molecule has 0 aliphatic carbocycles. The van der Waals surface area contributed by atoms with Crippen LogP contribution in [0.4, 0.5) is 0 Å². The highest BCUT2D eigenvalue weighted by atomic mass is 16.3. The summed E-state index contributed by atoms with van der Waals surface area (Å²) < 4.78 is 5.60. The van der Waals surface area contributed by atoms with E-state index < -0.39 is 0 Å². The number of fused-ring (bicyclic) bond motifs is 1. The van der Waals surface area contributed by atoms with Crippen molar-refractivity contribution in [2.45, 2.75) is 6.92 Å². The lowest BCUT2D eigenvalue weighted by atomic mass is 10.1. The number of carbonyl (C=O) groups excluding carboxylic acids is 1. The van der Waals surface area contributed by atoms with Crippen molar-refractivity contribution in [3.63, 3.8) is 0 Å². The summed E-state index contributed by atoms with van der Waals surface area (Å²) in [5.41, 5.74) is 2.75. The first-order valence-electron chi connectivity index (χ1n) is 5.57. The first-order chi connectivity index (χ1) is 8.74. The standard InChI is InChI=1S/C14H10N2O2/c1-9(17)10-4-6-11(7-5-10)14-16-13-12(18-14)3-2-8-15-13/h2-8H,1H3. The molecule has 2 heterocycles. The molecule has 3 rings (SSSR count). The fourth-order valence-electron chi connectivity index (χ4n) is 1.74. The van der Waals surface area contributed by atoms with Crippen LogP contribution in [-0.2, 0) is 0 Å². The summed E-state index contributed by atoms with van der Waals surface area (Å²) in [6, 6.07) is 10.8. The van der Waals surface area contributed by atoms with Gasteiger partial charge in [-0.25, -0.2) is 4.98 Å². The molecule has 2 aromatic heterocycles. The van der Waals surface area contributed by atoms with Crippen LogP contribution in [0.5, 0.6) is 0 Å². The summed E-state index contributed by atoms with van der Waals surface area (Å²) in [4.78, 5) is 19.6. The van der Waals surface area contributed by atoms with Crippen LogP contribution >= 0.6 is 0 Å². The molecule has 3 aromatic rings. The van der Waals surface area contributed by atoms with Crippen LogP contribution < -0.4 is 0 Å². The summed E-state index contributed by atoms with van der Waals surface area (Å²) in [6.45, 7) is 1.54. The largest absolute Gasteiger partial charge is 0.434 e. The maximum atomic E-state index is 11.2. The monoisotopic (exact) mass is 238 g/mol. The minimum Gasteiger partial charge on any atom is -0.434 e. The van der Waals surface area contributed by atoms with Crippen molar-refractivity contribution < 1.29 is 9.21 Å². The van der Waals surface area contributed by atoms with Gasteiger partial charge < -0.3 is 4.42 Å². The number of ketones is 1. The second kappa shape index (κ2) is 4.07. The molecule has 0 fully saturated rings. The smallest absolute Gasteiger partial charge is 0.228 e. The maximum Gasteiger partial charge on any atom is 0.228 e. The Hall–Kier alpha value is -2.49. The van der Waals surface area contributed by atoms with Crippen molar-refractivity contribution in [1.82, 2.24) is 9.97 Å². The Morgan fingerprint density at radius 1 is 1.17 bits per heavy atom. The van der Waals surface area contributed by atoms with Gasteiger partial charge in [0.15, 0.2) is 17.0 Å². The van der Waals surface area contributed by atoms with Gasteiger partial charge >= 0.3 is 0 Å². The molecule has 0 spiro atoms. The van der Waals surface area contributed by atoms with Crippen LogP contribution in [0.25, 0.3) is 22.7 Å². The van der Waals surface area contributed by atoms with Gasteiger partial charge in [-0.05, 0) is 31.2 Å². The Balaban J connectivity index is 2.06. The number of hydrogen-bond donors (Lipinski definition) is 0. The first-order valence-corrected chi connectivity index (χ1v) is 5.57. The van der Waals surface area contributed by atoms with Crippen LogP contribution in [0, 0.1) is 0 Å². The van der Waals surface area contributed by atoms with Crippen molar-refractivity contribution in [3.05, 3.63) is 48.2 Å². The molecule has 18 heavy (non-hydrogen) atoms. The average molecular weight is 238 g/mol. The normalized spacial score (nSPS) is 10.7. The van der Waals surface area contributed by atoms with Gasteiger partial charge in [-0.1, -0.05) is 12.1 Å². The van der Waals surface area contributed by atoms with Crippen LogP contribution in [0.1, 0.15) is 17.3 Å². The molecule has 1 aromatic carbocycles. The molecule has 0 amide bonds. The molecule has 0 saturated heterocycles. The summed E-state index contributed by atoms with van der Waals surface area (Å²) in [5.74, 6) is 0.555. The van der Waals surface area contributed by atoms with Crippen molar-refractivity contribution in [2.24, 2.45) is 0 Å². The van der Waals surface area contributed by atoms with Crippen molar-refractivity contribution in [1.29, 1.82) is 0 Å². The number of aromatic nitrogens is 2. The minimum absolute atomic E-state index is 0.0424. The van der Waals surface area contributed by atoms with E-state index in [1.807, 2.05) is 18.2 Å². The number of nitrogens with zero attached hydrogens (tertiary/aromatic N) is 2. The van der Waals surface area contributed by atoms with Crippen molar-refractivity contribution >= 4 is 17.0 Å². The summed E-state index contributed by atoms with van der Waals surface area (Å²) in [5, 5.41) is 0. The van der Waals surface area contributed by atoms with Gasteiger partial charge in [0.2, 0.25) is 5.89 Å². The lowest BCUT2D eigenvalue weighted by Crippen LogP contribution is -1.90. The molecule has 0 aliphatic rings. The van der Waals surface area contributed by atoms with E-state index >= 15 is 0 Å². The Morgan fingerprint density at radius 3 is 2.61 bits per heavy atom. The molecule has 0 saturated carbocycles. The molecular weight excluding hydrogens is 228 g/mol. The van der Waals surface area contributed by atoms with E-state index in [2.05, 4.69) is 9.97 Å². The van der Waals surface area contributed by atoms with E-state index in [4.69, 9.17) is 4.42 Å². The number of oxazole rings is 1. The van der Waals surface area contributed by atoms with Crippen molar-refractivity contribution in [3.8, 4) is 11.5 Å². The fraction of sp³-hybridized carbons (Fsp3) is 0.0714. The lowest BCUT2D eigenvalue weighted by Gasteiger charge is -1.97. The van der Waals surface area contributed by atoms with Crippen LogP contribution in [0.15, 0.2) is 47.0 Å². The molecule has 0 radical (unpaired) electrons. The van der Waals surface area contributed by atoms with E-state index in [9.17, 15) is 4.79 Å². The van der Waals surface area contributed by atoms with Gasteiger partial charge in [-0.15, -0.1) is 0 Å². The number of Topliss-reactive ketones (excluding diaryl/α,β-unsaturated/α-hetero) is 1. The highest BCUT2D eigenvalue weighted by molar-refractivity contribution is 5.94. The van der Waals surface area contributed by atoms with Crippen LogP contribution in [0.3, 0.4) is 0 Å². The zero-order chi connectivity index (χ0) is 12.5. The highest BCUT2D eigenvalue weighted by Crippen LogP contribution is 2.23. The molecule has 0 atom stereocenters. The molecule has 0 unspecified atom stereocenters. The number of carbonyl (C=O) groups is 1. The molecule has 0 aliphatic heterocycles. The fourth-order valence-corrected chi connectivity index (χ4v) is 1.74. The Morgan fingerprint density at radius 2 is 1.94 bits per heavy atom. The first kappa shape index (κ1) is 10.7. The van der Waals surface area contributed by atoms with Gasteiger partial charge in [0, 0.05) is 17.3 Å². The predicted octanol–water partition coefficient (Wildman–Crippen LogP) is 3.09. The summed E-state index contributed by atoms with van der Waals surface area (Å²) in [7, 11) is 0. The Bertz CT molecular complexity index is 681. The lowest BCUT2D eigenvalue weighted by molar-refractivity contribution is 0.101. The van der Waals surface area contributed by atoms with E-state index in [1.165, 1.54) is 0 Å². The number of benzene rings is 1. The van der Waals surface area contributed by atoms with Gasteiger partial charge in [-0.2, -0.15) is 4.98 Å². The average Bonchev–Trinajstić information content (AvgIpc) is 2.82. The maximum absolute atomic E-state index is 11.2. The van der Waals surface area contributed by atoms with Gasteiger partial charge in [0.05, 0.1) is 0 Å². The SMILES string of the molecule is CC(=O)c1ccc(-c2nc3ncccc3o2)cc1. The number of hydrogen-bond acceptors (Lipinski definition) is 4. The van der Waals surface area contributed by atoms with Crippen LogP contribution in [-0.4, -0.2) is 15.8 Å². The summed E-state index contributed by atoms with van der Waals surface area (Å²) in [6.07, 6.45) is 1.67. The zero-order valence-electron chi connectivity index (χ0n) is 9.75. The minimum atomic E-state index is 0.0424. The van der Waals surface area contributed by atoms with Gasteiger partial charge in [-0.3, -0.25) is 4.79 Å². The van der Waals surface area contributed by atoms with Gasteiger partial charge in [0.25, 0.3) is 0 Å². The van der Waals surface area contributed by atoms with Gasteiger partial charge in [0.1, 0.15) is 0 Å². The number of rotatable bonds is 2.